The summed E-state index contributed by atoms with van der Waals surface area (Å²) in [6.45, 7) is 2.43. The Labute approximate surface area is 119 Å². The number of anilines is 1. The standard InChI is InChI=1S/C15H18N2O2S/c1-12-6-5-8-14(10-12)17-20(18,19)15-9-4-3-7-13(15)11-16-2/h3-10,16-17H,11H2,1-2H3. The van der Waals surface area contributed by atoms with E-state index in [4.69, 9.17) is 0 Å². The molecule has 0 atom stereocenters. The lowest BCUT2D eigenvalue weighted by molar-refractivity contribution is 0.599. The predicted octanol–water partition coefficient (Wildman–Crippen LogP) is 2.52. The van der Waals surface area contributed by atoms with Crippen molar-refractivity contribution in [3.05, 3.63) is 59.7 Å². The van der Waals surface area contributed by atoms with Gasteiger partial charge in [-0.25, -0.2) is 8.42 Å². The van der Waals surface area contributed by atoms with Gasteiger partial charge in [-0.3, -0.25) is 4.72 Å². The van der Waals surface area contributed by atoms with Crippen LogP contribution in [-0.2, 0) is 16.6 Å². The fourth-order valence-electron chi connectivity index (χ4n) is 2.02. The summed E-state index contributed by atoms with van der Waals surface area (Å²) < 4.78 is 27.6. The molecule has 0 unspecified atom stereocenters. The van der Waals surface area contributed by atoms with Crippen molar-refractivity contribution in [3.63, 3.8) is 0 Å². The lowest BCUT2D eigenvalue weighted by atomic mass is 10.2. The van der Waals surface area contributed by atoms with Gasteiger partial charge in [-0.2, -0.15) is 0 Å². The second-order valence-electron chi connectivity index (χ2n) is 4.61. The van der Waals surface area contributed by atoms with Crippen molar-refractivity contribution in [2.75, 3.05) is 11.8 Å². The summed E-state index contributed by atoms with van der Waals surface area (Å²) in [4.78, 5) is 0.302. The van der Waals surface area contributed by atoms with Crippen LogP contribution >= 0.6 is 0 Å². The van der Waals surface area contributed by atoms with Crippen molar-refractivity contribution in [1.82, 2.24) is 5.32 Å². The molecule has 0 heterocycles. The smallest absolute Gasteiger partial charge is 0.262 e. The molecule has 0 aliphatic carbocycles. The Morgan fingerprint density at radius 2 is 1.80 bits per heavy atom. The molecule has 5 heteroatoms. The Morgan fingerprint density at radius 1 is 1.05 bits per heavy atom. The molecular formula is C15H18N2O2S. The van der Waals surface area contributed by atoms with Crippen molar-refractivity contribution >= 4 is 15.7 Å². The molecule has 0 bridgehead atoms. The quantitative estimate of drug-likeness (QED) is 0.889. The van der Waals surface area contributed by atoms with Crippen LogP contribution in [0.1, 0.15) is 11.1 Å². The molecule has 20 heavy (non-hydrogen) atoms. The third-order valence-corrected chi connectivity index (χ3v) is 4.38. The molecule has 2 aromatic carbocycles. The zero-order valence-electron chi connectivity index (χ0n) is 11.6. The van der Waals surface area contributed by atoms with E-state index in [9.17, 15) is 8.42 Å². The number of hydrogen-bond acceptors (Lipinski definition) is 3. The molecular weight excluding hydrogens is 272 g/mol. The number of rotatable bonds is 5. The maximum Gasteiger partial charge on any atom is 0.262 e. The fourth-order valence-corrected chi connectivity index (χ4v) is 3.31. The van der Waals surface area contributed by atoms with E-state index in [2.05, 4.69) is 10.0 Å². The van der Waals surface area contributed by atoms with Gasteiger partial charge in [0.25, 0.3) is 10.0 Å². The average molecular weight is 290 g/mol. The van der Waals surface area contributed by atoms with E-state index in [-0.39, 0.29) is 0 Å². The average Bonchev–Trinajstić information content (AvgIpc) is 2.39. The number of aryl methyl sites for hydroxylation is 1. The van der Waals surface area contributed by atoms with Gasteiger partial charge in [-0.15, -0.1) is 0 Å². The second kappa shape index (κ2) is 6.07. The molecule has 4 nitrogen and oxygen atoms in total. The van der Waals surface area contributed by atoms with E-state index < -0.39 is 10.0 Å². The molecule has 2 rings (SSSR count). The summed E-state index contributed by atoms with van der Waals surface area (Å²) >= 11 is 0. The lowest BCUT2D eigenvalue weighted by Crippen LogP contribution is -2.17. The molecule has 0 aliphatic heterocycles. The first-order chi connectivity index (χ1) is 9.53. The van der Waals surface area contributed by atoms with Gasteiger partial charge in [0.15, 0.2) is 0 Å². The van der Waals surface area contributed by atoms with Gasteiger partial charge in [0, 0.05) is 12.2 Å². The normalized spacial score (nSPS) is 11.3. The van der Waals surface area contributed by atoms with Crippen molar-refractivity contribution < 1.29 is 8.42 Å². The van der Waals surface area contributed by atoms with Gasteiger partial charge >= 0.3 is 0 Å². The van der Waals surface area contributed by atoms with Crippen molar-refractivity contribution in [2.24, 2.45) is 0 Å². The van der Waals surface area contributed by atoms with Crippen LogP contribution < -0.4 is 10.0 Å². The van der Waals surface area contributed by atoms with Crippen LogP contribution in [0.4, 0.5) is 5.69 Å². The number of nitrogens with one attached hydrogen (secondary N) is 2. The summed E-state index contributed by atoms with van der Waals surface area (Å²) in [5.41, 5.74) is 2.33. The minimum absolute atomic E-state index is 0.302. The molecule has 0 aromatic heterocycles. The second-order valence-corrected chi connectivity index (χ2v) is 6.26. The van der Waals surface area contributed by atoms with E-state index in [0.717, 1.165) is 11.1 Å². The van der Waals surface area contributed by atoms with Crippen LogP contribution in [0.5, 0.6) is 0 Å². The zero-order chi connectivity index (χ0) is 14.6. The van der Waals surface area contributed by atoms with Crippen LogP contribution in [0.15, 0.2) is 53.4 Å². The summed E-state index contributed by atoms with van der Waals surface area (Å²) in [5.74, 6) is 0. The van der Waals surface area contributed by atoms with Crippen LogP contribution in [0.3, 0.4) is 0 Å². The van der Waals surface area contributed by atoms with E-state index >= 15 is 0 Å². The van der Waals surface area contributed by atoms with Gasteiger partial charge in [-0.1, -0.05) is 30.3 Å². The largest absolute Gasteiger partial charge is 0.316 e. The molecule has 2 aromatic rings. The SMILES string of the molecule is CNCc1ccccc1S(=O)(=O)Nc1cccc(C)c1. The zero-order valence-corrected chi connectivity index (χ0v) is 12.4. The molecule has 0 spiro atoms. The van der Waals surface area contributed by atoms with Crippen LogP contribution in [0, 0.1) is 6.92 Å². The first-order valence-electron chi connectivity index (χ1n) is 6.35. The molecule has 0 saturated carbocycles. The molecule has 0 fully saturated rings. The molecule has 0 radical (unpaired) electrons. The van der Waals surface area contributed by atoms with Gasteiger partial charge < -0.3 is 5.32 Å². The van der Waals surface area contributed by atoms with E-state index in [1.165, 1.54) is 0 Å². The van der Waals surface area contributed by atoms with Gasteiger partial charge in [0.1, 0.15) is 0 Å². The first kappa shape index (κ1) is 14.6. The maximum absolute atomic E-state index is 12.5. The number of sulfonamides is 1. The molecule has 0 amide bonds. The molecule has 106 valence electrons. The van der Waals surface area contributed by atoms with Crippen LogP contribution in [0.2, 0.25) is 0 Å². The van der Waals surface area contributed by atoms with E-state index in [1.807, 2.05) is 25.1 Å². The topological polar surface area (TPSA) is 58.2 Å². The molecule has 0 aliphatic rings. The summed E-state index contributed by atoms with van der Waals surface area (Å²) in [6.07, 6.45) is 0. The highest BCUT2D eigenvalue weighted by atomic mass is 32.2. The first-order valence-corrected chi connectivity index (χ1v) is 7.83. The Balaban J connectivity index is 2.36. The third-order valence-electron chi connectivity index (χ3n) is 2.90. The summed E-state index contributed by atoms with van der Waals surface area (Å²) in [5, 5.41) is 2.98. The Kier molecular flexibility index (Phi) is 4.42. The van der Waals surface area contributed by atoms with Gasteiger partial charge in [-0.05, 0) is 43.3 Å². The van der Waals surface area contributed by atoms with Gasteiger partial charge in [0.2, 0.25) is 0 Å². The highest BCUT2D eigenvalue weighted by Gasteiger charge is 2.17. The van der Waals surface area contributed by atoms with Crippen molar-refractivity contribution in [1.29, 1.82) is 0 Å². The Bertz CT molecular complexity index is 697. The number of hydrogen-bond donors (Lipinski definition) is 2. The molecule has 0 saturated heterocycles. The maximum atomic E-state index is 12.5. The van der Waals surface area contributed by atoms with Crippen molar-refractivity contribution in [3.8, 4) is 0 Å². The summed E-state index contributed by atoms with van der Waals surface area (Å²) in [7, 11) is -1.78. The van der Waals surface area contributed by atoms with Crippen LogP contribution in [-0.4, -0.2) is 15.5 Å². The fraction of sp³-hybridized carbons (Fsp3) is 0.200. The third kappa shape index (κ3) is 3.37. The minimum atomic E-state index is -3.57. The monoisotopic (exact) mass is 290 g/mol. The Hall–Kier alpha value is -1.85. The summed E-state index contributed by atoms with van der Waals surface area (Å²) in [6, 6.07) is 14.3. The van der Waals surface area contributed by atoms with Crippen LogP contribution in [0.25, 0.3) is 0 Å². The van der Waals surface area contributed by atoms with Crippen molar-refractivity contribution in [2.45, 2.75) is 18.4 Å². The molecule has 2 N–H and O–H groups in total. The van der Waals surface area contributed by atoms with E-state index in [1.54, 1.807) is 37.4 Å². The minimum Gasteiger partial charge on any atom is -0.316 e. The van der Waals surface area contributed by atoms with Gasteiger partial charge in [0.05, 0.1) is 4.90 Å². The number of benzene rings is 2. The predicted molar refractivity (Wildman–Crippen MR) is 81.2 cm³/mol. The highest BCUT2D eigenvalue weighted by molar-refractivity contribution is 7.92. The lowest BCUT2D eigenvalue weighted by Gasteiger charge is -2.12. The highest BCUT2D eigenvalue weighted by Crippen LogP contribution is 2.20. The van der Waals surface area contributed by atoms with E-state index in [0.29, 0.717) is 17.1 Å². The Morgan fingerprint density at radius 3 is 2.50 bits per heavy atom.